The monoisotopic (exact) mass is 402 g/mol. The van der Waals surface area contributed by atoms with Crippen LogP contribution in [-0.4, -0.2) is 0 Å². The van der Waals surface area contributed by atoms with E-state index in [2.05, 4.69) is 0 Å². The first-order valence-corrected chi connectivity index (χ1v) is 9.39. The molecule has 0 spiro atoms. The molecule has 0 bridgehead atoms. The van der Waals surface area contributed by atoms with E-state index in [0.29, 0.717) is 22.3 Å². The molecule has 0 nitrogen and oxygen atoms in total. The van der Waals surface area contributed by atoms with Crippen molar-refractivity contribution in [3.05, 3.63) is 108 Å². The number of hydrogen-bond donors (Lipinski definition) is 0. The van der Waals surface area contributed by atoms with Gasteiger partial charge in [0.1, 0.15) is 0 Å². The summed E-state index contributed by atoms with van der Waals surface area (Å²) < 4.78 is 55.6. The van der Waals surface area contributed by atoms with Gasteiger partial charge in [-0.3, -0.25) is 0 Å². The lowest BCUT2D eigenvalue weighted by Crippen LogP contribution is -1.94. The molecule has 0 aromatic heterocycles. The normalized spacial score (nSPS) is 11.3. The largest absolute Gasteiger partial charge is 0.204 e. The maximum absolute atomic E-state index is 14.1. The summed E-state index contributed by atoms with van der Waals surface area (Å²) in [6.07, 6.45) is 0. The third-order valence-corrected chi connectivity index (χ3v) is 5.35. The zero-order valence-electron chi connectivity index (χ0n) is 15.6. The Morgan fingerprint density at radius 1 is 0.367 bits per heavy atom. The number of halogens is 4. The molecule has 146 valence electrons. The van der Waals surface area contributed by atoms with E-state index in [4.69, 9.17) is 0 Å². The molecule has 0 N–H and O–H groups in total. The summed E-state index contributed by atoms with van der Waals surface area (Å²) >= 11 is 0. The molecule has 5 aromatic carbocycles. The van der Waals surface area contributed by atoms with Crippen molar-refractivity contribution in [2.75, 3.05) is 0 Å². The summed E-state index contributed by atoms with van der Waals surface area (Å²) in [4.78, 5) is 0. The van der Waals surface area contributed by atoms with Gasteiger partial charge in [0.15, 0.2) is 23.3 Å². The van der Waals surface area contributed by atoms with E-state index in [0.717, 1.165) is 45.8 Å². The van der Waals surface area contributed by atoms with Crippen LogP contribution in [0.4, 0.5) is 17.6 Å². The molecule has 0 saturated carbocycles. The van der Waals surface area contributed by atoms with Gasteiger partial charge in [0.05, 0.1) is 0 Å². The molecular weight excluding hydrogens is 388 g/mol. The van der Waals surface area contributed by atoms with Gasteiger partial charge >= 0.3 is 0 Å². The van der Waals surface area contributed by atoms with Gasteiger partial charge < -0.3 is 0 Å². The van der Waals surface area contributed by atoms with Crippen LogP contribution in [0.15, 0.2) is 84.9 Å². The fraction of sp³-hybridized carbons (Fsp3) is 0. The first-order valence-electron chi connectivity index (χ1n) is 9.39. The summed E-state index contributed by atoms with van der Waals surface area (Å²) in [6.45, 7) is 0. The van der Waals surface area contributed by atoms with Crippen LogP contribution in [0.2, 0.25) is 0 Å². The Morgan fingerprint density at radius 3 is 1.10 bits per heavy atom. The summed E-state index contributed by atoms with van der Waals surface area (Å²) in [5.41, 5.74) is 2.18. The van der Waals surface area contributed by atoms with E-state index in [1.807, 2.05) is 48.5 Å². The van der Waals surface area contributed by atoms with Crippen molar-refractivity contribution in [2.45, 2.75) is 0 Å². The summed E-state index contributed by atoms with van der Waals surface area (Å²) in [5.74, 6) is -3.83. The molecule has 0 unspecified atom stereocenters. The van der Waals surface area contributed by atoms with Crippen LogP contribution in [0.25, 0.3) is 43.8 Å². The molecule has 5 aromatic rings. The minimum atomic E-state index is -0.971. The lowest BCUT2D eigenvalue weighted by molar-refractivity contribution is 0.509. The van der Waals surface area contributed by atoms with Crippen molar-refractivity contribution in [3.8, 4) is 22.3 Å². The van der Waals surface area contributed by atoms with Crippen LogP contribution in [0.3, 0.4) is 0 Å². The number of benzene rings is 5. The average molecular weight is 402 g/mol. The molecule has 0 aliphatic carbocycles. The molecule has 0 amide bonds. The highest BCUT2D eigenvalue weighted by Gasteiger charge is 2.19. The molecule has 0 heterocycles. The zero-order valence-corrected chi connectivity index (χ0v) is 15.6. The highest BCUT2D eigenvalue weighted by atomic mass is 19.2. The van der Waals surface area contributed by atoms with Crippen molar-refractivity contribution >= 4 is 21.5 Å². The fourth-order valence-electron chi connectivity index (χ4n) is 4.04. The Hall–Kier alpha value is -3.66. The molecule has 0 aliphatic rings. The summed E-state index contributed by atoms with van der Waals surface area (Å²) in [6, 6.07) is 22.6. The summed E-state index contributed by atoms with van der Waals surface area (Å²) in [7, 11) is 0. The fourth-order valence-corrected chi connectivity index (χ4v) is 4.04. The van der Waals surface area contributed by atoms with Gasteiger partial charge in [0.25, 0.3) is 0 Å². The van der Waals surface area contributed by atoms with Crippen molar-refractivity contribution < 1.29 is 17.6 Å². The first-order chi connectivity index (χ1) is 14.5. The molecule has 5 rings (SSSR count). The zero-order chi connectivity index (χ0) is 20.8. The molecule has 0 radical (unpaired) electrons. The van der Waals surface area contributed by atoms with Gasteiger partial charge in [-0.1, -0.05) is 60.7 Å². The van der Waals surface area contributed by atoms with Gasteiger partial charge in [0, 0.05) is 0 Å². The third-order valence-electron chi connectivity index (χ3n) is 5.35. The maximum Gasteiger partial charge on any atom is 0.159 e. The SMILES string of the molecule is Fc1ccc(-c2c(-c3ccc(F)c(F)c3)c3ccccc3c3ccccc23)cc1F. The van der Waals surface area contributed by atoms with Crippen LogP contribution in [0.1, 0.15) is 0 Å². The molecule has 30 heavy (non-hydrogen) atoms. The lowest BCUT2D eigenvalue weighted by atomic mass is 9.85. The number of rotatable bonds is 2. The highest BCUT2D eigenvalue weighted by Crippen LogP contribution is 2.44. The van der Waals surface area contributed by atoms with Gasteiger partial charge in [-0.15, -0.1) is 0 Å². The Labute approximate surface area is 170 Å². The average Bonchev–Trinajstić information content (AvgIpc) is 2.77. The van der Waals surface area contributed by atoms with E-state index in [9.17, 15) is 17.6 Å². The molecule has 0 saturated heterocycles. The predicted octanol–water partition coefficient (Wildman–Crippen LogP) is 7.88. The Kier molecular flexibility index (Phi) is 4.28. The van der Waals surface area contributed by atoms with Crippen LogP contribution in [0, 0.1) is 23.3 Å². The Morgan fingerprint density at radius 2 is 0.733 bits per heavy atom. The van der Waals surface area contributed by atoms with Crippen LogP contribution >= 0.6 is 0 Å². The van der Waals surface area contributed by atoms with Crippen molar-refractivity contribution in [1.82, 2.24) is 0 Å². The van der Waals surface area contributed by atoms with Gasteiger partial charge in [-0.2, -0.15) is 0 Å². The van der Waals surface area contributed by atoms with Gasteiger partial charge in [-0.25, -0.2) is 17.6 Å². The second kappa shape index (κ2) is 6.99. The topological polar surface area (TPSA) is 0 Å². The second-order valence-corrected chi connectivity index (χ2v) is 7.10. The van der Waals surface area contributed by atoms with Crippen molar-refractivity contribution in [1.29, 1.82) is 0 Å². The van der Waals surface area contributed by atoms with Gasteiger partial charge in [-0.05, 0) is 68.1 Å². The number of hydrogen-bond acceptors (Lipinski definition) is 0. The summed E-state index contributed by atoms with van der Waals surface area (Å²) in [5, 5.41) is 3.47. The minimum absolute atomic E-state index is 0.454. The van der Waals surface area contributed by atoms with Crippen LogP contribution < -0.4 is 0 Å². The van der Waals surface area contributed by atoms with E-state index in [1.165, 1.54) is 12.1 Å². The Bertz CT molecular complexity index is 1330. The maximum atomic E-state index is 14.1. The van der Waals surface area contributed by atoms with Crippen molar-refractivity contribution in [2.24, 2.45) is 0 Å². The highest BCUT2D eigenvalue weighted by molar-refractivity contribution is 6.21. The van der Waals surface area contributed by atoms with E-state index >= 15 is 0 Å². The molecular formula is C26H14F4. The molecule has 0 fully saturated rings. The quantitative estimate of drug-likeness (QED) is 0.208. The van der Waals surface area contributed by atoms with Crippen LogP contribution in [0.5, 0.6) is 0 Å². The lowest BCUT2D eigenvalue weighted by Gasteiger charge is -2.18. The Balaban J connectivity index is 2.01. The third kappa shape index (κ3) is 2.84. The second-order valence-electron chi connectivity index (χ2n) is 7.10. The predicted molar refractivity (Wildman–Crippen MR) is 112 cm³/mol. The van der Waals surface area contributed by atoms with Crippen LogP contribution in [-0.2, 0) is 0 Å². The smallest absolute Gasteiger partial charge is 0.159 e. The standard InChI is InChI=1S/C26H14F4/c27-21-11-9-15(13-23(21)29)25-19-7-3-1-5-17(19)18-6-2-4-8-20(18)26(25)16-10-12-22(28)24(30)14-16/h1-14H. The number of fused-ring (bicyclic) bond motifs is 3. The van der Waals surface area contributed by atoms with E-state index in [-0.39, 0.29) is 0 Å². The first kappa shape index (κ1) is 18.4. The molecule has 0 aliphatic heterocycles. The molecule has 4 heteroatoms. The molecule has 0 atom stereocenters. The van der Waals surface area contributed by atoms with E-state index in [1.54, 1.807) is 0 Å². The van der Waals surface area contributed by atoms with E-state index < -0.39 is 23.3 Å². The van der Waals surface area contributed by atoms with Gasteiger partial charge in [0.2, 0.25) is 0 Å². The van der Waals surface area contributed by atoms with Crippen molar-refractivity contribution in [3.63, 3.8) is 0 Å². The minimum Gasteiger partial charge on any atom is -0.204 e.